The van der Waals surface area contributed by atoms with Gasteiger partial charge in [-0.3, -0.25) is 0 Å². The summed E-state index contributed by atoms with van der Waals surface area (Å²) in [5.74, 6) is 0. The molecule has 0 amide bonds. The van der Waals surface area contributed by atoms with Gasteiger partial charge in [0, 0.05) is 17.9 Å². The molecule has 1 aromatic rings. The van der Waals surface area contributed by atoms with E-state index in [1.54, 1.807) is 0 Å². The first-order valence-electron chi connectivity index (χ1n) is 3.77. The van der Waals surface area contributed by atoms with Crippen molar-refractivity contribution in [2.24, 2.45) is 0 Å². The summed E-state index contributed by atoms with van der Waals surface area (Å²) >= 11 is 0. The van der Waals surface area contributed by atoms with Crippen molar-refractivity contribution in [1.82, 2.24) is 9.97 Å². The summed E-state index contributed by atoms with van der Waals surface area (Å²) in [4.78, 5) is 6.59. The van der Waals surface area contributed by atoms with Crippen LogP contribution in [0, 0.1) is 0 Å². The summed E-state index contributed by atoms with van der Waals surface area (Å²) < 4.78 is 39.7. The van der Waals surface area contributed by atoms with Crippen LogP contribution >= 0.6 is 0 Å². The maximum Gasteiger partial charge on any atom is 0.491 e. The molecule has 0 aliphatic rings. The van der Waals surface area contributed by atoms with Crippen molar-refractivity contribution in [2.75, 3.05) is 0 Å². The highest BCUT2D eigenvalue weighted by atomic mass is 19.3. The Kier molecular flexibility index (Phi) is 3.86. The van der Waals surface area contributed by atoms with Crippen molar-refractivity contribution < 1.29 is 28.0 Å². The third kappa shape index (κ3) is 3.37. The van der Waals surface area contributed by atoms with Crippen molar-refractivity contribution in [3.8, 4) is 6.01 Å². The fraction of sp³-hybridized carbons (Fsp3) is 0.333. The van der Waals surface area contributed by atoms with Crippen LogP contribution in [0.25, 0.3) is 0 Å². The Bertz CT molecular complexity index is 311. The number of rotatable bonds is 4. The summed E-state index contributed by atoms with van der Waals surface area (Å²) in [6, 6.07) is -0.604. The van der Waals surface area contributed by atoms with Gasteiger partial charge in [-0.15, -0.1) is 0 Å². The highest BCUT2D eigenvalue weighted by molar-refractivity contribution is 6.58. The molecule has 0 aliphatic heterocycles. The van der Waals surface area contributed by atoms with E-state index in [-0.39, 0.29) is 5.46 Å². The molecule has 0 aliphatic carbocycles. The zero-order valence-corrected chi connectivity index (χ0v) is 7.22. The second-order valence-electron chi connectivity index (χ2n) is 2.48. The minimum Gasteiger partial charge on any atom is -0.423 e. The van der Waals surface area contributed by atoms with Crippen molar-refractivity contribution in [2.45, 2.75) is 12.8 Å². The van der Waals surface area contributed by atoms with E-state index in [4.69, 9.17) is 10.0 Å². The molecular weight excluding hydrogens is 216 g/mol. The Labute approximate surface area is 82.7 Å². The molecular formula is C6H6BF3N2O3. The molecule has 1 aromatic heterocycles. The van der Waals surface area contributed by atoms with E-state index in [2.05, 4.69) is 14.7 Å². The molecule has 2 N–H and O–H groups in total. The van der Waals surface area contributed by atoms with Crippen LogP contribution in [0.1, 0.15) is 0 Å². The van der Waals surface area contributed by atoms with E-state index >= 15 is 0 Å². The van der Waals surface area contributed by atoms with Gasteiger partial charge in [0.1, 0.15) is 0 Å². The predicted molar refractivity (Wildman–Crippen MR) is 43.4 cm³/mol. The van der Waals surface area contributed by atoms with Gasteiger partial charge in [0.25, 0.3) is 0 Å². The summed E-state index contributed by atoms with van der Waals surface area (Å²) in [5.41, 5.74) is -0.0604. The van der Waals surface area contributed by atoms with Crippen molar-refractivity contribution in [3.63, 3.8) is 0 Å². The highest BCUT2D eigenvalue weighted by Crippen LogP contribution is 2.09. The third-order valence-corrected chi connectivity index (χ3v) is 1.36. The van der Waals surface area contributed by atoms with Crippen LogP contribution in [0.15, 0.2) is 12.4 Å². The zero-order chi connectivity index (χ0) is 11.4. The molecule has 0 saturated heterocycles. The van der Waals surface area contributed by atoms with Gasteiger partial charge in [0.15, 0.2) is 0 Å². The molecule has 0 radical (unpaired) electrons. The monoisotopic (exact) mass is 222 g/mol. The average molecular weight is 222 g/mol. The minimum absolute atomic E-state index is 0.0604. The molecule has 15 heavy (non-hydrogen) atoms. The van der Waals surface area contributed by atoms with E-state index in [1.807, 2.05) is 0 Å². The Morgan fingerprint density at radius 3 is 2.13 bits per heavy atom. The largest absolute Gasteiger partial charge is 0.491 e. The van der Waals surface area contributed by atoms with Crippen molar-refractivity contribution in [1.29, 1.82) is 0 Å². The second-order valence-corrected chi connectivity index (χ2v) is 2.48. The van der Waals surface area contributed by atoms with Gasteiger partial charge < -0.3 is 14.8 Å². The fourth-order valence-corrected chi connectivity index (χ4v) is 0.673. The minimum atomic E-state index is -3.29. The Morgan fingerprint density at radius 2 is 1.73 bits per heavy atom. The maximum atomic E-state index is 12.3. The Hall–Kier alpha value is -1.35. The Morgan fingerprint density at radius 1 is 1.20 bits per heavy atom. The van der Waals surface area contributed by atoms with E-state index in [0.29, 0.717) is 0 Å². The van der Waals surface area contributed by atoms with Gasteiger partial charge >= 0.3 is 25.9 Å². The first-order valence-corrected chi connectivity index (χ1v) is 3.77. The summed E-state index contributed by atoms with van der Waals surface area (Å²) in [6.45, 7) is 0. The molecule has 0 fully saturated rings. The summed E-state index contributed by atoms with van der Waals surface area (Å²) in [7, 11) is -1.78. The molecule has 9 heteroatoms. The molecule has 0 bridgehead atoms. The lowest BCUT2D eigenvalue weighted by molar-refractivity contribution is -0.0713. The summed E-state index contributed by atoms with van der Waals surface area (Å²) in [5, 5.41) is 17.3. The molecule has 0 spiro atoms. The van der Waals surface area contributed by atoms with Crippen molar-refractivity contribution in [3.05, 3.63) is 12.4 Å². The molecule has 82 valence electrons. The number of nitrogens with zero attached hydrogens (tertiary/aromatic N) is 2. The number of halogens is 3. The van der Waals surface area contributed by atoms with E-state index in [9.17, 15) is 13.2 Å². The van der Waals surface area contributed by atoms with Gasteiger partial charge in [-0.25, -0.2) is 18.7 Å². The topological polar surface area (TPSA) is 75.5 Å². The van der Waals surface area contributed by atoms with Crippen LogP contribution in [0.4, 0.5) is 13.2 Å². The smallest absolute Gasteiger partial charge is 0.423 e. The molecule has 1 unspecified atom stereocenters. The van der Waals surface area contributed by atoms with Crippen LogP contribution in [-0.4, -0.2) is 39.9 Å². The van der Waals surface area contributed by atoms with Crippen LogP contribution in [0.5, 0.6) is 6.01 Å². The zero-order valence-electron chi connectivity index (χ0n) is 7.22. The van der Waals surface area contributed by atoms with Gasteiger partial charge in [-0.2, -0.15) is 4.39 Å². The Balaban J connectivity index is 2.64. The number of aromatic nitrogens is 2. The quantitative estimate of drug-likeness (QED) is 0.645. The molecule has 0 saturated carbocycles. The molecule has 1 heterocycles. The lowest BCUT2D eigenvalue weighted by atomic mass is 9.83. The first-order chi connectivity index (χ1) is 7.00. The molecule has 1 atom stereocenters. The third-order valence-electron chi connectivity index (χ3n) is 1.36. The van der Waals surface area contributed by atoms with Gasteiger partial charge in [-0.05, 0) is 0 Å². The standard InChI is InChI=1S/C6H6BF3N2O3/c8-4(9)5(10)15-6-11-1-3(2-12-6)7(13)14/h1-2,4-5,13-14H. The summed E-state index contributed by atoms with van der Waals surface area (Å²) in [6.07, 6.45) is -4.26. The van der Waals surface area contributed by atoms with E-state index < -0.39 is 25.9 Å². The van der Waals surface area contributed by atoms with Crippen LogP contribution in [-0.2, 0) is 0 Å². The normalized spacial score (nSPS) is 12.7. The van der Waals surface area contributed by atoms with Gasteiger partial charge in [-0.1, -0.05) is 0 Å². The van der Waals surface area contributed by atoms with E-state index in [1.165, 1.54) is 0 Å². The molecule has 5 nitrogen and oxygen atoms in total. The predicted octanol–water partition coefficient (Wildman–Crippen LogP) is -0.904. The lowest BCUT2D eigenvalue weighted by Gasteiger charge is -2.08. The second kappa shape index (κ2) is 4.94. The average Bonchev–Trinajstić information content (AvgIpc) is 2.18. The first kappa shape index (κ1) is 11.7. The molecule has 0 aromatic carbocycles. The number of ether oxygens (including phenoxy) is 1. The van der Waals surface area contributed by atoms with Gasteiger partial charge in [0.2, 0.25) is 0 Å². The fourth-order valence-electron chi connectivity index (χ4n) is 0.673. The number of hydrogen-bond acceptors (Lipinski definition) is 5. The van der Waals surface area contributed by atoms with Crippen molar-refractivity contribution >= 4 is 12.6 Å². The lowest BCUT2D eigenvalue weighted by Crippen LogP contribution is -2.31. The van der Waals surface area contributed by atoms with Crippen LogP contribution in [0.2, 0.25) is 0 Å². The number of hydrogen-bond donors (Lipinski definition) is 2. The van der Waals surface area contributed by atoms with Gasteiger partial charge in [0.05, 0.1) is 0 Å². The maximum absolute atomic E-state index is 12.3. The van der Waals surface area contributed by atoms with Crippen LogP contribution < -0.4 is 10.2 Å². The van der Waals surface area contributed by atoms with E-state index in [0.717, 1.165) is 12.4 Å². The van der Waals surface area contributed by atoms with Crippen LogP contribution in [0.3, 0.4) is 0 Å². The SMILES string of the molecule is OB(O)c1cnc(OC(F)C(F)F)nc1. The number of alkyl halides is 3. The molecule has 1 rings (SSSR count). The highest BCUT2D eigenvalue weighted by Gasteiger charge is 2.22.